The Kier molecular flexibility index (Phi) is 11.8. The van der Waals surface area contributed by atoms with Crippen LogP contribution in [-0.4, -0.2) is 48.9 Å². The van der Waals surface area contributed by atoms with E-state index in [0.29, 0.717) is 0 Å². The molecule has 0 atom stereocenters. The van der Waals surface area contributed by atoms with Gasteiger partial charge in [0.1, 0.15) is 0 Å². The van der Waals surface area contributed by atoms with E-state index in [1.165, 1.54) is 0 Å². The van der Waals surface area contributed by atoms with Crippen LogP contribution in [0.5, 0.6) is 0 Å². The first-order valence-corrected chi connectivity index (χ1v) is 1.84. The van der Waals surface area contributed by atoms with E-state index in [1.54, 1.807) is 0 Å². The average molecular weight is 217 g/mol. The summed E-state index contributed by atoms with van der Waals surface area (Å²) in [6, 6.07) is 0. The molecule has 0 heterocycles. The van der Waals surface area contributed by atoms with E-state index in [0.717, 1.165) is 0 Å². The Balaban J connectivity index is 0. The van der Waals surface area contributed by atoms with E-state index in [-0.39, 0.29) is 48.9 Å². The summed E-state index contributed by atoms with van der Waals surface area (Å²) < 4.78 is 0. The zero-order chi connectivity index (χ0) is 3.58. The molecule has 0 aliphatic carbocycles. The fraction of sp³-hybridized carbons (Fsp3) is 0. The van der Waals surface area contributed by atoms with E-state index < -0.39 is 8.60 Å². The topological polar surface area (TPSA) is 69.2 Å². The summed E-state index contributed by atoms with van der Waals surface area (Å²) in [5, 5.41) is 0. The SMILES string of the molecule is [Ba+2].[O-][PH+]([O-])[O-]. The summed E-state index contributed by atoms with van der Waals surface area (Å²) in [4.78, 5) is 25.6. The van der Waals surface area contributed by atoms with Crippen molar-refractivity contribution in [3.63, 3.8) is 0 Å². The molecule has 0 spiro atoms. The molecule has 0 radical (unpaired) electrons. The van der Waals surface area contributed by atoms with Crippen LogP contribution in [0.25, 0.3) is 0 Å². The molecule has 5 heteroatoms. The van der Waals surface area contributed by atoms with Gasteiger partial charge in [0.25, 0.3) is 0 Å². The fourth-order valence-corrected chi connectivity index (χ4v) is 0. The van der Waals surface area contributed by atoms with E-state index in [1.807, 2.05) is 0 Å². The molecule has 0 aromatic rings. The van der Waals surface area contributed by atoms with Crippen LogP contribution < -0.4 is 14.7 Å². The first-order valence-electron chi connectivity index (χ1n) is 0.612. The van der Waals surface area contributed by atoms with Gasteiger partial charge in [-0.1, -0.05) is 0 Å². The summed E-state index contributed by atoms with van der Waals surface area (Å²) in [5.41, 5.74) is 0. The second-order valence-electron chi connectivity index (χ2n) is 0.250. The maximum absolute atomic E-state index is 8.52. The summed E-state index contributed by atoms with van der Waals surface area (Å²) in [6.45, 7) is 0. The molecule has 5 heavy (non-hydrogen) atoms. The zero-order valence-electron chi connectivity index (χ0n) is 2.43. The third kappa shape index (κ3) is 25.0. The Bertz CT molecular complexity index is 11.6. The minimum absolute atomic E-state index is 0. The predicted molar refractivity (Wildman–Crippen MR) is 14.1 cm³/mol. The van der Waals surface area contributed by atoms with Gasteiger partial charge < -0.3 is 14.7 Å². The molecular formula is HBaO3P. The zero-order valence-corrected chi connectivity index (χ0v) is 7.87. The van der Waals surface area contributed by atoms with Gasteiger partial charge in [-0.3, -0.25) is 0 Å². The van der Waals surface area contributed by atoms with Crippen molar-refractivity contribution in [3.8, 4) is 0 Å². The van der Waals surface area contributed by atoms with Crippen molar-refractivity contribution in [3.05, 3.63) is 0 Å². The van der Waals surface area contributed by atoms with Gasteiger partial charge in [0, 0.05) is 0 Å². The molecule has 0 aliphatic rings. The van der Waals surface area contributed by atoms with E-state index in [9.17, 15) is 0 Å². The standard InChI is InChI=1S/Ba.HO3P/c;1-4(2)3/h;4H/q+2;-2. The molecule has 0 rings (SSSR count). The Morgan fingerprint density at radius 1 is 1.00 bits per heavy atom. The largest absolute Gasteiger partial charge is 2.00 e. The molecule has 0 saturated heterocycles. The minimum atomic E-state index is -3.63. The van der Waals surface area contributed by atoms with Crippen molar-refractivity contribution in [1.82, 2.24) is 0 Å². The fourth-order valence-electron chi connectivity index (χ4n) is 0. The Morgan fingerprint density at radius 3 is 1.00 bits per heavy atom. The van der Waals surface area contributed by atoms with E-state index in [2.05, 4.69) is 0 Å². The van der Waals surface area contributed by atoms with E-state index in [4.69, 9.17) is 14.7 Å². The van der Waals surface area contributed by atoms with Gasteiger partial charge in [-0.25, -0.2) is 0 Å². The third-order valence-electron chi connectivity index (χ3n) is 0. The molecule has 0 bridgehead atoms. The maximum atomic E-state index is 8.52. The first kappa shape index (κ1) is 9.99. The number of hydrogen-bond donors (Lipinski definition) is 0. The molecule has 0 saturated carbocycles. The van der Waals surface area contributed by atoms with Crippen LogP contribution in [0.1, 0.15) is 0 Å². The maximum Gasteiger partial charge on any atom is 2.00 e. The van der Waals surface area contributed by atoms with Crippen LogP contribution in [0, 0.1) is 0 Å². The molecule has 0 aromatic heterocycles. The van der Waals surface area contributed by atoms with Gasteiger partial charge in [0.05, 0.1) is 0 Å². The monoisotopic (exact) mass is 218 g/mol. The second kappa shape index (κ2) is 5.88. The van der Waals surface area contributed by atoms with Crippen LogP contribution in [-0.2, 0) is 0 Å². The summed E-state index contributed by atoms with van der Waals surface area (Å²) in [5.74, 6) is 0. The van der Waals surface area contributed by atoms with Gasteiger partial charge in [0.15, 0.2) is 0 Å². The van der Waals surface area contributed by atoms with Gasteiger partial charge in [-0.05, 0) is 0 Å². The molecule has 0 N–H and O–H groups in total. The van der Waals surface area contributed by atoms with Gasteiger partial charge >= 0.3 is 48.9 Å². The van der Waals surface area contributed by atoms with Crippen molar-refractivity contribution >= 4 is 57.5 Å². The third-order valence-corrected chi connectivity index (χ3v) is 0. The minimum Gasteiger partial charge on any atom is -0.690 e. The molecule has 0 aromatic carbocycles. The van der Waals surface area contributed by atoms with Crippen molar-refractivity contribution < 1.29 is 14.7 Å². The smallest absolute Gasteiger partial charge is 0.690 e. The first-order chi connectivity index (χ1) is 1.73. The molecule has 3 nitrogen and oxygen atoms in total. The Labute approximate surface area is 71.1 Å². The van der Waals surface area contributed by atoms with Crippen molar-refractivity contribution in [1.29, 1.82) is 0 Å². The Morgan fingerprint density at radius 2 is 1.00 bits per heavy atom. The second-order valence-corrected chi connectivity index (χ2v) is 0.750. The van der Waals surface area contributed by atoms with Crippen molar-refractivity contribution in [2.75, 3.05) is 0 Å². The van der Waals surface area contributed by atoms with Crippen LogP contribution in [0.2, 0.25) is 0 Å². The van der Waals surface area contributed by atoms with Crippen molar-refractivity contribution in [2.45, 2.75) is 0 Å². The molecule has 26 valence electrons. The van der Waals surface area contributed by atoms with E-state index >= 15 is 0 Å². The number of hydrogen-bond acceptors (Lipinski definition) is 3. The summed E-state index contributed by atoms with van der Waals surface area (Å²) >= 11 is 0. The van der Waals surface area contributed by atoms with Crippen LogP contribution in [0.15, 0.2) is 0 Å². The molecule has 0 amide bonds. The normalized spacial score (nSPS) is 7.20. The summed E-state index contributed by atoms with van der Waals surface area (Å²) in [7, 11) is -3.63. The van der Waals surface area contributed by atoms with Gasteiger partial charge in [-0.15, -0.1) is 0 Å². The molecule has 0 unspecified atom stereocenters. The molecule has 0 aliphatic heterocycles. The van der Waals surface area contributed by atoms with Gasteiger partial charge in [-0.2, -0.15) is 8.60 Å². The quantitative estimate of drug-likeness (QED) is 0.314. The molecular weight excluding hydrogens is 216 g/mol. The molecule has 0 fully saturated rings. The Hall–Kier alpha value is 1.88. The van der Waals surface area contributed by atoms with Crippen LogP contribution in [0.4, 0.5) is 0 Å². The summed E-state index contributed by atoms with van der Waals surface area (Å²) in [6.07, 6.45) is 0. The number of rotatable bonds is 0. The van der Waals surface area contributed by atoms with Gasteiger partial charge in [0.2, 0.25) is 0 Å². The average Bonchev–Trinajstić information content (AvgIpc) is 0.811. The van der Waals surface area contributed by atoms with Crippen LogP contribution >= 0.6 is 8.60 Å². The predicted octanol–water partition coefficient (Wildman–Crippen LogP) is -3.35. The van der Waals surface area contributed by atoms with Crippen LogP contribution in [0.3, 0.4) is 0 Å². The van der Waals surface area contributed by atoms with Crippen molar-refractivity contribution in [2.24, 2.45) is 0 Å².